The molecule has 2 aromatic rings. The van der Waals surface area contributed by atoms with Crippen molar-refractivity contribution in [2.75, 3.05) is 0 Å². The Labute approximate surface area is 113 Å². The van der Waals surface area contributed by atoms with Crippen molar-refractivity contribution >= 4 is 5.78 Å². The topological polar surface area (TPSA) is 37.3 Å². The van der Waals surface area contributed by atoms with E-state index in [9.17, 15) is 9.90 Å². The van der Waals surface area contributed by atoms with Crippen molar-refractivity contribution in [1.82, 2.24) is 0 Å². The summed E-state index contributed by atoms with van der Waals surface area (Å²) in [6, 6.07) is 19.1. The predicted octanol–water partition coefficient (Wildman–Crippen LogP) is 3.16. The molecule has 0 aromatic heterocycles. The highest BCUT2D eigenvalue weighted by molar-refractivity contribution is 5.95. The third-order valence-corrected chi connectivity index (χ3v) is 3.13. The highest BCUT2D eigenvalue weighted by Gasteiger charge is 2.33. The van der Waals surface area contributed by atoms with Gasteiger partial charge in [0.15, 0.2) is 5.78 Å². The van der Waals surface area contributed by atoms with E-state index in [4.69, 9.17) is 0 Å². The molecule has 19 heavy (non-hydrogen) atoms. The Morgan fingerprint density at radius 3 is 1.58 bits per heavy atom. The van der Waals surface area contributed by atoms with E-state index in [2.05, 4.69) is 0 Å². The second-order valence-corrected chi connectivity index (χ2v) is 5.18. The van der Waals surface area contributed by atoms with Gasteiger partial charge in [0.05, 0.1) is 5.92 Å². The minimum absolute atomic E-state index is 0.190. The number of carbonyl (C=O) groups is 1. The summed E-state index contributed by atoms with van der Waals surface area (Å²) in [4.78, 5) is 12.5. The molecule has 2 aromatic carbocycles. The molecule has 1 N–H and O–H groups in total. The molecule has 2 nitrogen and oxygen atoms in total. The summed E-state index contributed by atoms with van der Waals surface area (Å²) in [5.74, 6) is -0.618. The normalized spacial score (nSPS) is 11.6. The Balaban J connectivity index is 2.49. The molecule has 0 bridgehead atoms. The number of hydrogen-bond donors (Lipinski definition) is 1. The van der Waals surface area contributed by atoms with E-state index < -0.39 is 11.5 Å². The van der Waals surface area contributed by atoms with Crippen molar-refractivity contribution in [3.05, 3.63) is 71.8 Å². The van der Waals surface area contributed by atoms with Crippen LogP contribution < -0.4 is 0 Å². The minimum atomic E-state index is -1.35. The van der Waals surface area contributed by atoms with Crippen molar-refractivity contribution in [3.8, 4) is 0 Å². The van der Waals surface area contributed by atoms with Gasteiger partial charge in [-0.25, -0.2) is 0 Å². The van der Waals surface area contributed by atoms with Crippen LogP contribution in [0.4, 0.5) is 0 Å². The molecular weight excluding hydrogens is 236 g/mol. The molecule has 0 unspecified atom stereocenters. The molecule has 2 rings (SSSR count). The van der Waals surface area contributed by atoms with E-state index >= 15 is 0 Å². The quantitative estimate of drug-likeness (QED) is 0.910. The smallest absolute Gasteiger partial charge is 0.175 e. The third-order valence-electron chi connectivity index (χ3n) is 3.13. The number of carbonyl (C=O) groups excluding carboxylic acids is 1. The van der Waals surface area contributed by atoms with Gasteiger partial charge < -0.3 is 5.11 Å². The number of rotatable bonds is 4. The number of ketones is 1. The minimum Gasteiger partial charge on any atom is -0.383 e. The Morgan fingerprint density at radius 1 is 0.895 bits per heavy atom. The molecule has 0 aliphatic heterocycles. The molecule has 0 aliphatic carbocycles. The van der Waals surface area contributed by atoms with Gasteiger partial charge in [0, 0.05) is 0 Å². The van der Waals surface area contributed by atoms with E-state index in [-0.39, 0.29) is 5.78 Å². The lowest BCUT2D eigenvalue weighted by Crippen LogP contribution is -2.36. The van der Waals surface area contributed by atoms with E-state index in [1.165, 1.54) is 13.8 Å². The Hall–Kier alpha value is -1.93. The van der Waals surface area contributed by atoms with E-state index in [1.807, 2.05) is 60.7 Å². The zero-order chi connectivity index (χ0) is 13.9. The molecule has 2 heteroatoms. The predicted molar refractivity (Wildman–Crippen MR) is 76.0 cm³/mol. The molecule has 0 saturated carbocycles. The summed E-state index contributed by atoms with van der Waals surface area (Å²) in [7, 11) is 0. The van der Waals surface area contributed by atoms with Gasteiger partial charge in [-0.2, -0.15) is 0 Å². The van der Waals surface area contributed by atoms with Crippen LogP contribution in [0.25, 0.3) is 0 Å². The van der Waals surface area contributed by atoms with Gasteiger partial charge in [0.1, 0.15) is 5.60 Å². The number of benzene rings is 2. The molecule has 0 heterocycles. The molecule has 0 fully saturated rings. The summed E-state index contributed by atoms with van der Waals surface area (Å²) < 4.78 is 0. The number of Topliss-reactive ketones (excluding diaryl/α,β-unsaturated/α-hetero) is 1. The van der Waals surface area contributed by atoms with Gasteiger partial charge >= 0.3 is 0 Å². The van der Waals surface area contributed by atoms with Crippen LogP contribution in [-0.2, 0) is 4.79 Å². The molecule has 0 amide bonds. The third kappa shape index (κ3) is 3.09. The summed E-state index contributed by atoms with van der Waals surface area (Å²) in [5.41, 5.74) is 0.456. The maximum absolute atomic E-state index is 12.5. The molecule has 0 spiro atoms. The molecule has 0 atom stereocenters. The van der Waals surface area contributed by atoms with Gasteiger partial charge in [-0.15, -0.1) is 0 Å². The first kappa shape index (κ1) is 13.5. The first-order chi connectivity index (χ1) is 9.00. The fourth-order valence-corrected chi connectivity index (χ4v) is 2.14. The molecule has 0 radical (unpaired) electrons. The van der Waals surface area contributed by atoms with Crippen molar-refractivity contribution in [2.45, 2.75) is 25.4 Å². The molecular formula is C17H18O2. The second kappa shape index (κ2) is 5.37. The van der Waals surface area contributed by atoms with Gasteiger partial charge in [-0.05, 0) is 25.0 Å². The van der Waals surface area contributed by atoms with Crippen molar-refractivity contribution < 1.29 is 9.90 Å². The Morgan fingerprint density at radius 2 is 1.26 bits per heavy atom. The number of hydrogen-bond acceptors (Lipinski definition) is 2. The van der Waals surface area contributed by atoms with Gasteiger partial charge in [0.2, 0.25) is 0 Å². The SMILES string of the molecule is CC(C)(O)C(=O)C(c1ccccc1)c1ccccc1. The lowest BCUT2D eigenvalue weighted by molar-refractivity contribution is -0.134. The van der Waals surface area contributed by atoms with E-state index in [0.29, 0.717) is 0 Å². The second-order valence-electron chi connectivity index (χ2n) is 5.18. The Bertz CT molecular complexity index is 499. The molecule has 0 saturated heterocycles. The Kier molecular flexibility index (Phi) is 3.82. The van der Waals surface area contributed by atoms with E-state index in [1.54, 1.807) is 0 Å². The van der Waals surface area contributed by atoms with Crippen LogP contribution in [0.15, 0.2) is 60.7 Å². The average molecular weight is 254 g/mol. The highest BCUT2D eigenvalue weighted by Crippen LogP contribution is 2.29. The molecule has 0 aliphatic rings. The maximum atomic E-state index is 12.5. The lowest BCUT2D eigenvalue weighted by atomic mass is 9.82. The van der Waals surface area contributed by atoms with Crippen LogP contribution in [0, 0.1) is 0 Å². The summed E-state index contributed by atoms with van der Waals surface area (Å²) in [6.07, 6.45) is 0. The fourth-order valence-electron chi connectivity index (χ4n) is 2.14. The largest absolute Gasteiger partial charge is 0.383 e. The highest BCUT2D eigenvalue weighted by atomic mass is 16.3. The average Bonchev–Trinajstić information content (AvgIpc) is 2.40. The van der Waals surface area contributed by atoms with Crippen LogP contribution in [0.1, 0.15) is 30.9 Å². The summed E-state index contributed by atoms with van der Waals surface area (Å²) in [6.45, 7) is 3.07. The first-order valence-electron chi connectivity index (χ1n) is 6.37. The summed E-state index contributed by atoms with van der Waals surface area (Å²) in [5, 5.41) is 10.0. The van der Waals surface area contributed by atoms with Crippen molar-refractivity contribution in [2.24, 2.45) is 0 Å². The standard InChI is InChI=1S/C17H18O2/c1-17(2,19)16(18)15(13-9-5-3-6-10-13)14-11-7-4-8-12-14/h3-12,15,19H,1-2H3. The zero-order valence-corrected chi connectivity index (χ0v) is 11.2. The zero-order valence-electron chi connectivity index (χ0n) is 11.2. The van der Waals surface area contributed by atoms with Gasteiger partial charge in [-0.1, -0.05) is 60.7 Å². The number of aliphatic hydroxyl groups is 1. The van der Waals surface area contributed by atoms with Crippen molar-refractivity contribution in [3.63, 3.8) is 0 Å². The van der Waals surface area contributed by atoms with Gasteiger partial charge in [-0.3, -0.25) is 4.79 Å². The fraction of sp³-hybridized carbons (Fsp3) is 0.235. The summed E-state index contributed by atoms with van der Waals surface area (Å²) >= 11 is 0. The van der Waals surface area contributed by atoms with E-state index in [0.717, 1.165) is 11.1 Å². The van der Waals surface area contributed by atoms with Crippen LogP contribution in [0.5, 0.6) is 0 Å². The van der Waals surface area contributed by atoms with Crippen LogP contribution in [-0.4, -0.2) is 16.5 Å². The van der Waals surface area contributed by atoms with Crippen LogP contribution in [0.3, 0.4) is 0 Å². The lowest BCUT2D eigenvalue weighted by Gasteiger charge is -2.24. The van der Waals surface area contributed by atoms with Crippen LogP contribution in [0.2, 0.25) is 0 Å². The maximum Gasteiger partial charge on any atom is 0.175 e. The van der Waals surface area contributed by atoms with Gasteiger partial charge in [0.25, 0.3) is 0 Å². The molecule has 98 valence electrons. The first-order valence-corrected chi connectivity index (χ1v) is 6.37. The monoisotopic (exact) mass is 254 g/mol. The van der Waals surface area contributed by atoms with Crippen LogP contribution >= 0.6 is 0 Å². The van der Waals surface area contributed by atoms with Crippen molar-refractivity contribution in [1.29, 1.82) is 0 Å².